The van der Waals surface area contributed by atoms with Crippen LogP contribution in [0.3, 0.4) is 0 Å². The number of hydrogen-bond acceptors (Lipinski definition) is 3. The zero-order chi connectivity index (χ0) is 13.5. The topological polar surface area (TPSA) is 35.5 Å². The van der Waals surface area contributed by atoms with Gasteiger partial charge in [-0.3, -0.25) is 4.79 Å². The van der Waals surface area contributed by atoms with Gasteiger partial charge in [0.05, 0.1) is 20.1 Å². The molecule has 0 aromatic heterocycles. The van der Waals surface area contributed by atoms with Crippen molar-refractivity contribution in [2.45, 2.75) is 25.7 Å². The van der Waals surface area contributed by atoms with Crippen LogP contribution in [0.1, 0.15) is 24.8 Å². The third-order valence-electron chi connectivity index (χ3n) is 3.34. The number of benzene rings is 1. The van der Waals surface area contributed by atoms with Gasteiger partial charge < -0.3 is 9.47 Å². The van der Waals surface area contributed by atoms with Crippen molar-refractivity contribution in [3.05, 3.63) is 42.0 Å². The second kappa shape index (κ2) is 6.98. The second-order valence-corrected chi connectivity index (χ2v) is 4.86. The first kappa shape index (κ1) is 13.7. The van der Waals surface area contributed by atoms with Crippen LogP contribution in [0.25, 0.3) is 0 Å². The summed E-state index contributed by atoms with van der Waals surface area (Å²) in [6, 6.07) is 7.52. The van der Waals surface area contributed by atoms with Gasteiger partial charge in [-0.15, -0.1) is 0 Å². The SMILES string of the molecule is COc1cccc(CC(=O)OCC2CC=CCC2)c1. The molecule has 0 heterocycles. The predicted molar refractivity (Wildman–Crippen MR) is 74.1 cm³/mol. The molecule has 102 valence electrons. The summed E-state index contributed by atoms with van der Waals surface area (Å²) in [4.78, 5) is 11.8. The molecule has 0 N–H and O–H groups in total. The maximum Gasteiger partial charge on any atom is 0.310 e. The van der Waals surface area contributed by atoms with Crippen LogP contribution in [0.2, 0.25) is 0 Å². The third-order valence-corrected chi connectivity index (χ3v) is 3.34. The third kappa shape index (κ3) is 4.43. The standard InChI is InChI=1S/C16H20O3/c1-18-15-9-5-8-14(10-15)11-16(17)19-12-13-6-3-2-4-7-13/h2-3,5,8-10,13H,4,6-7,11-12H2,1H3. The lowest BCUT2D eigenvalue weighted by Crippen LogP contribution is -2.16. The molecule has 2 rings (SSSR count). The molecule has 1 aliphatic carbocycles. The van der Waals surface area contributed by atoms with Gasteiger partial charge in [-0.25, -0.2) is 0 Å². The summed E-state index contributed by atoms with van der Waals surface area (Å²) < 4.78 is 10.5. The number of methoxy groups -OCH3 is 1. The highest BCUT2D eigenvalue weighted by Gasteiger charge is 2.13. The number of carbonyl (C=O) groups excluding carboxylic acids is 1. The highest BCUT2D eigenvalue weighted by molar-refractivity contribution is 5.72. The average Bonchev–Trinajstić information content (AvgIpc) is 2.46. The molecule has 0 saturated heterocycles. The lowest BCUT2D eigenvalue weighted by Gasteiger charge is -2.17. The Morgan fingerprint density at radius 2 is 2.26 bits per heavy atom. The van der Waals surface area contributed by atoms with Crippen molar-refractivity contribution in [1.82, 2.24) is 0 Å². The fourth-order valence-electron chi connectivity index (χ4n) is 2.22. The molecule has 19 heavy (non-hydrogen) atoms. The summed E-state index contributed by atoms with van der Waals surface area (Å²) in [5.74, 6) is 1.09. The van der Waals surface area contributed by atoms with Crippen LogP contribution in [0.15, 0.2) is 36.4 Å². The Labute approximate surface area is 114 Å². The molecule has 1 unspecified atom stereocenters. The lowest BCUT2D eigenvalue weighted by atomic mass is 9.95. The van der Waals surface area contributed by atoms with Crippen LogP contribution in [-0.2, 0) is 16.0 Å². The average molecular weight is 260 g/mol. The van der Waals surface area contributed by atoms with Crippen LogP contribution in [0.4, 0.5) is 0 Å². The first-order valence-corrected chi connectivity index (χ1v) is 6.71. The second-order valence-electron chi connectivity index (χ2n) is 4.86. The summed E-state index contributed by atoms with van der Waals surface area (Å²) in [6.45, 7) is 0.535. The molecule has 1 aromatic rings. The molecular formula is C16H20O3. The van der Waals surface area contributed by atoms with Crippen LogP contribution in [-0.4, -0.2) is 19.7 Å². The minimum absolute atomic E-state index is 0.164. The molecule has 1 aliphatic rings. The Morgan fingerprint density at radius 1 is 1.37 bits per heavy atom. The fraction of sp³-hybridized carbons (Fsp3) is 0.438. The molecule has 0 saturated carbocycles. The number of hydrogen-bond donors (Lipinski definition) is 0. The Bertz CT molecular complexity index is 451. The van der Waals surface area contributed by atoms with Gasteiger partial charge in [-0.1, -0.05) is 24.3 Å². The van der Waals surface area contributed by atoms with Gasteiger partial charge in [0.1, 0.15) is 5.75 Å². The summed E-state index contributed by atoms with van der Waals surface area (Å²) in [6.07, 6.45) is 7.89. The van der Waals surface area contributed by atoms with Crippen molar-refractivity contribution in [1.29, 1.82) is 0 Å². The molecular weight excluding hydrogens is 240 g/mol. The van der Waals surface area contributed by atoms with Crippen molar-refractivity contribution in [2.75, 3.05) is 13.7 Å². The summed E-state index contributed by atoms with van der Waals surface area (Å²) in [5.41, 5.74) is 0.924. The Balaban J connectivity index is 1.78. The number of rotatable bonds is 5. The summed E-state index contributed by atoms with van der Waals surface area (Å²) in [5, 5.41) is 0. The van der Waals surface area contributed by atoms with Gasteiger partial charge >= 0.3 is 5.97 Å². The highest BCUT2D eigenvalue weighted by atomic mass is 16.5. The van der Waals surface area contributed by atoms with Crippen LogP contribution in [0, 0.1) is 5.92 Å². The molecule has 0 aliphatic heterocycles. The minimum Gasteiger partial charge on any atom is -0.497 e. The molecule has 0 amide bonds. The molecule has 1 aromatic carbocycles. The highest BCUT2D eigenvalue weighted by Crippen LogP contribution is 2.18. The van der Waals surface area contributed by atoms with E-state index in [4.69, 9.17) is 9.47 Å². The summed E-state index contributed by atoms with van der Waals surface area (Å²) in [7, 11) is 1.62. The van der Waals surface area contributed by atoms with Crippen molar-refractivity contribution in [2.24, 2.45) is 5.92 Å². The monoisotopic (exact) mass is 260 g/mol. The van der Waals surface area contributed by atoms with Crippen molar-refractivity contribution in [3.8, 4) is 5.75 Å². The van der Waals surface area contributed by atoms with Crippen molar-refractivity contribution in [3.63, 3.8) is 0 Å². The lowest BCUT2D eigenvalue weighted by molar-refractivity contribution is -0.144. The molecule has 0 spiro atoms. The van der Waals surface area contributed by atoms with E-state index in [1.165, 1.54) is 0 Å². The van der Waals surface area contributed by atoms with Gasteiger partial charge in [0.2, 0.25) is 0 Å². The molecule has 0 fully saturated rings. The van der Waals surface area contributed by atoms with Gasteiger partial charge in [0.25, 0.3) is 0 Å². The maximum atomic E-state index is 11.8. The van der Waals surface area contributed by atoms with Crippen molar-refractivity contribution < 1.29 is 14.3 Å². The van der Waals surface area contributed by atoms with Crippen molar-refractivity contribution >= 4 is 5.97 Å². The Hall–Kier alpha value is -1.77. The number of ether oxygens (including phenoxy) is 2. The number of allylic oxidation sites excluding steroid dienone is 2. The van der Waals surface area contributed by atoms with E-state index in [2.05, 4.69) is 12.2 Å². The van der Waals surface area contributed by atoms with Gasteiger partial charge in [0, 0.05) is 0 Å². The largest absolute Gasteiger partial charge is 0.497 e. The quantitative estimate of drug-likeness (QED) is 0.602. The van der Waals surface area contributed by atoms with Crippen LogP contribution >= 0.6 is 0 Å². The Morgan fingerprint density at radius 3 is 3.00 bits per heavy atom. The Kier molecular flexibility index (Phi) is 5.01. The predicted octanol–water partition coefficient (Wildman–Crippen LogP) is 3.14. The molecule has 0 bridgehead atoms. The van der Waals surface area contributed by atoms with E-state index in [9.17, 15) is 4.79 Å². The maximum absolute atomic E-state index is 11.8. The minimum atomic E-state index is -0.164. The fourth-order valence-corrected chi connectivity index (χ4v) is 2.22. The zero-order valence-corrected chi connectivity index (χ0v) is 11.3. The summed E-state index contributed by atoms with van der Waals surface area (Å²) >= 11 is 0. The van der Waals surface area contributed by atoms with E-state index >= 15 is 0 Å². The first-order chi connectivity index (χ1) is 9.28. The molecule has 0 radical (unpaired) electrons. The molecule has 3 nitrogen and oxygen atoms in total. The smallest absolute Gasteiger partial charge is 0.310 e. The van der Waals surface area contributed by atoms with E-state index in [-0.39, 0.29) is 5.97 Å². The first-order valence-electron chi connectivity index (χ1n) is 6.71. The van der Waals surface area contributed by atoms with Crippen LogP contribution < -0.4 is 4.74 Å². The van der Waals surface area contributed by atoms with Gasteiger partial charge in [-0.05, 0) is 42.9 Å². The number of esters is 1. The van der Waals surface area contributed by atoms with E-state index in [1.807, 2.05) is 24.3 Å². The van der Waals surface area contributed by atoms with E-state index < -0.39 is 0 Å². The van der Waals surface area contributed by atoms with E-state index in [0.717, 1.165) is 30.6 Å². The molecule has 1 atom stereocenters. The molecule has 3 heteroatoms. The van der Waals surface area contributed by atoms with E-state index in [0.29, 0.717) is 18.9 Å². The van der Waals surface area contributed by atoms with Gasteiger partial charge in [-0.2, -0.15) is 0 Å². The van der Waals surface area contributed by atoms with E-state index in [1.54, 1.807) is 7.11 Å². The number of carbonyl (C=O) groups is 1. The van der Waals surface area contributed by atoms with Crippen LogP contribution in [0.5, 0.6) is 5.75 Å². The normalized spacial score (nSPS) is 18.1. The van der Waals surface area contributed by atoms with Gasteiger partial charge in [0.15, 0.2) is 0 Å². The zero-order valence-electron chi connectivity index (χ0n) is 11.3.